The Morgan fingerprint density at radius 1 is 1.71 bits per heavy atom. The summed E-state index contributed by atoms with van der Waals surface area (Å²) in [5.41, 5.74) is 6.13. The summed E-state index contributed by atoms with van der Waals surface area (Å²) in [4.78, 5) is 6.08. The van der Waals surface area contributed by atoms with E-state index >= 15 is 0 Å². The van der Waals surface area contributed by atoms with Crippen LogP contribution in [0, 0.1) is 11.3 Å². The van der Waals surface area contributed by atoms with Gasteiger partial charge in [0.1, 0.15) is 11.9 Å². The van der Waals surface area contributed by atoms with E-state index in [0.717, 1.165) is 0 Å². The van der Waals surface area contributed by atoms with Crippen molar-refractivity contribution in [2.45, 2.75) is 13.0 Å². The molecule has 1 atom stereocenters. The molecule has 1 aromatic heterocycles. The first-order valence-corrected chi connectivity index (χ1v) is 4.48. The van der Waals surface area contributed by atoms with Crippen LogP contribution < -0.4 is 10.6 Å². The van der Waals surface area contributed by atoms with Crippen molar-refractivity contribution in [1.82, 2.24) is 4.98 Å². The Morgan fingerprint density at radius 2 is 2.43 bits per heavy atom. The van der Waals surface area contributed by atoms with Gasteiger partial charge in [0.15, 0.2) is 0 Å². The molecule has 4 heteroatoms. The van der Waals surface area contributed by atoms with Gasteiger partial charge in [-0.25, -0.2) is 4.98 Å². The van der Waals surface area contributed by atoms with Gasteiger partial charge in [-0.1, -0.05) is 0 Å². The van der Waals surface area contributed by atoms with Crippen LogP contribution in [-0.2, 0) is 0 Å². The molecule has 0 bridgehead atoms. The zero-order valence-electron chi connectivity index (χ0n) is 8.44. The third-order valence-electron chi connectivity index (χ3n) is 2.24. The number of pyridine rings is 1. The van der Waals surface area contributed by atoms with E-state index in [-0.39, 0.29) is 6.04 Å². The highest BCUT2D eigenvalue weighted by atomic mass is 15.2. The molecule has 0 aliphatic carbocycles. The lowest BCUT2D eigenvalue weighted by molar-refractivity contribution is 0.687. The van der Waals surface area contributed by atoms with Gasteiger partial charge in [-0.2, -0.15) is 5.26 Å². The molecule has 1 heterocycles. The topological polar surface area (TPSA) is 65.9 Å². The predicted molar refractivity (Wildman–Crippen MR) is 55.9 cm³/mol. The van der Waals surface area contributed by atoms with Crippen molar-refractivity contribution >= 4 is 5.82 Å². The predicted octanol–water partition coefficient (Wildman–Crippen LogP) is 0.737. The smallest absolute Gasteiger partial charge is 0.146 e. The third-order valence-corrected chi connectivity index (χ3v) is 2.24. The number of rotatable bonds is 3. The Bertz CT molecular complexity index is 342. The summed E-state index contributed by atoms with van der Waals surface area (Å²) in [6.07, 6.45) is 1.68. The van der Waals surface area contributed by atoms with Crippen LogP contribution in [0.3, 0.4) is 0 Å². The average molecular weight is 190 g/mol. The maximum absolute atomic E-state index is 8.87. The number of hydrogen-bond acceptors (Lipinski definition) is 4. The second-order valence-corrected chi connectivity index (χ2v) is 3.18. The maximum atomic E-state index is 8.87. The summed E-state index contributed by atoms with van der Waals surface area (Å²) in [5, 5.41) is 8.87. The van der Waals surface area contributed by atoms with Crippen LogP contribution in [0.5, 0.6) is 0 Å². The largest absolute Gasteiger partial charge is 0.355 e. The van der Waals surface area contributed by atoms with Crippen molar-refractivity contribution in [3.8, 4) is 6.07 Å². The molecule has 1 rings (SSSR count). The fourth-order valence-corrected chi connectivity index (χ4v) is 1.13. The van der Waals surface area contributed by atoms with Gasteiger partial charge < -0.3 is 10.6 Å². The van der Waals surface area contributed by atoms with E-state index < -0.39 is 0 Å². The Balaban J connectivity index is 3.01. The fourth-order valence-electron chi connectivity index (χ4n) is 1.13. The number of hydrogen-bond donors (Lipinski definition) is 1. The molecule has 0 saturated heterocycles. The Morgan fingerprint density at radius 3 is 3.00 bits per heavy atom. The van der Waals surface area contributed by atoms with Gasteiger partial charge in [-0.15, -0.1) is 0 Å². The van der Waals surface area contributed by atoms with Crippen molar-refractivity contribution in [3.05, 3.63) is 23.9 Å². The highest BCUT2D eigenvalue weighted by Gasteiger charge is 2.12. The van der Waals surface area contributed by atoms with Gasteiger partial charge in [0.05, 0.1) is 5.56 Å². The molecule has 14 heavy (non-hydrogen) atoms. The van der Waals surface area contributed by atoms with Crippen molar-refractivity contribution in [1.29, 1.82) is 5.26 Å². The second-order valence-electron chi connectivity index (χ2n) is 3.18. The van der Waals surface area contributed by atoms with Gasteiger partial charge in [0, 0.05) is 25.8 Å². The number of nitriles is 1. The molecule has 1 aromatic rings. The van der Waals surface area contributed by atoms with Gasteiger partial charge in [-0.05, 0) is 19.1 Å². The third kappa shape index (κ3) is 2.01. The average Bonchev–Trinajstić information content (AvgIpc) is 2.26. The van der Waals surface area contributed by atoms with Crippen LogP contribution in [0.1, 0.15) is 12.5 Å². The highest BCUT2D eigenvalue weighted by molar-refractivity contribution is 5.53. The highest BCUT2D eigenvalue weighted by Crippen LogP contribution is 2.16. The summed E-state index contributed by atoms with van der Waals surface area (Å²) in [5.74, 6) is 0.688. The van der Waals surface area contributed by atoms with E-state index in [1.165, 1.54) is 0 Å². The summed E-state index contributed by atoms with van der Waals surface area (Å²) < 4.78 is 0. The molecule has 0 aromatic carbocycles. The van der Waals surface area contributed by atoms with Crippen molar-refractivity contribution in [2.24, 2.45) is 5.73 Å². The first-order chi connectivity index (χ1) is 6.70. The molecule has 0 amide bonds. The molecule has 0 radical (unpaired) electrons. The minimum Gasteiger partial charge on any atom is -0.355 e. The number of nitrogens with zero attached hydrogens (tertiary/aromatic N) is 3. The van der Waals surface area contributed by atoms with Crippen LogP contribution in [0.2, 0.25) is 0 Å². The number of anilines is 1. The van der Waals surface area contributed by atoms with Gasteiger partial charge in [0.2, 0.25) is 0 Å². The van der Waals surface area contributed by atoms with E-state index in [1.807, 2.05) is 18.9 Å². The van der Waals surface area contributed by atoms with Gasteiger partial charge in [0.25, 0.3) is 0 Å². The molecule has 0 aliphatic rings. The molecular weight excluding hydrogens is 176 g/mol. The summed E-state index contributed by atoms with van der Waals surface area (Å²) in [6.45, 7) is 2.54. The van der Waals surface area contributed by atoms with Crippen molar-refractivity contribution in [3.63, 3.8) is 0 Å². The zero-order valence-corrected chi connectivity index (χ0v) is 8.44. The Labute approximate surface area is 84.0 Å². The van der Waals surface area contributed by atoms with E-state index in [9.17, 15) is 0 Å². The Kier molecular flexibility index (Phi) is 3.43. The van der Waals surface area contributed by atoms with Crippen LogP contribution in [-0.4, -0.2) is 24.6 Å². The molecule has 0 saturated carbocycles. The van der Waals surface area contributed by atoms with Crippen LogP contribution in [0.25, 0.3) is 0 Å². The number of likely N-dealkylation sites (N-methyl/N-ethyl adjacent to an activating group) is 1. The standard InChI is InChI=1S/C10H14N4/c1-8(6-11)14(2)10-9(7-12)4-3-5-13-10/h3-5,8H,6,11H2,1-2H3. The van der Waals surface area contributed by atoms with Gasteiger partial charge >= 0.3 is 0 Å². The molecular formula is C10H14N4. The number of aromatic nitrogens is 1. The lowest BCUT2D eigenvalue weighted by atomic mass is 10.2. The second kappa shape index (κ2) is 4.58. The summed E-state index contributed by atoms with van der Waals surface area (Å²) in [6, 6.07) is 5.79. The molecule has 4 nitrogen and oxygen atoms in total. The normalized spacial score (nSPS) is 11.9. The van der Waals surface area contributed by atoms with E-state index in [2.05, 4.69) is 11.1 Å². The van der Waals surface area contributed by atoms with Crippen molar-refractivity contribution in [2.75, 3.05) is 18.5 Å². The molecule has 74 valence electrons. The zero-order chi connectivity index (χ0) is 10.6. The minimum absolute atomic E-state index is 0.178. The van der Waals surface area contributed by atoms with Crippen LogP contribution in [0.4, 0.5) is 5.82 Å². The lowest BCUT2D eigenvalue weighted by Gasteiger charge is -2.25. The monoisotopic (exact) mass is 190 g/mol. The Hall–Kier alpha value is -1.60. The number of nitrogens with two attached hydrogens (primary N) is 1. The fraction of sp³-hybridized carbons (Fsp3) is 0.400. The SMILES string of the molecule is CC(CN)N(C)c1ncccc1C#N. The van der Waals surface area contributed by atoms with Gasteiger partial charge in [-0.3, -0.25) is 0 Å². The first kappa shape index (κ1) is 10.5. The van der Waals surface area contributed by atoms with Crippen LogP contribution >= 0.6 is 0 Å². The first-order valence-electron chi connectivity index (χ1n) is 4.48. The van der Waals surface area contributed by atoms with E-state index in [4.69, 9.17) is 11.0 Å². The molecule has 0 aliphatic heterocycles. The molecule has 0 fully saturated rings. The molecule has 1 unspecified atom stereocenters. The summed E-state index contributed by atoms with van der Waals surface area (Å²) >= 11 is 0. The van der Waals surface area contributed by atoms with Crippen molar-refractivity contribution < 1.29 is 0 Å². The lowest BCUT2D eigenvalue weighted by Crippen LogP contribution is -2.36. The maximum Gasteiger partial charge on any atom is 0.146 e. The van der Waals surface area contributed by atoms with E-state index in [1.54, 1.807) is 18.3 Å². The van der Waals surface area contributed by atoms with E-state index in [0.29, 0.717) is 17.9 Å². The quantitative estimate of drug-likeness (QED) is 0.763. The van der Waals surface area contributed by atoms with Crippen LogP contribution in [0.15, 0.2) is 18.3 Å². The molecule has 0 spiro atoms. The molecule has 2 N–H and O–H groups in total. The summed E-state index contributed by atoms with van der Waals surface area (Å²) in [7, 11) is 1.89. The minimum atomic E-state index is 0.178.